The Morgan fingerprint density at radius 3 is 2.62 bits per heavy atom. The second kappa shape index (κ2) is 9.19. The normalized spacial score (nSPS) is 19.6. The number of aromatic nitrogens is 2. The third-order valence-corrected chi connectivity index (χ3v) is 6.82. The molecule has 1 N–H and O–H groups in total. The molecule has 2 radical (unpaired) electrons. The van der Waals surface area contributed by atoms with Crippen molar-refractivity contribution in [1.29, 1.82) is 0 Å². The molecule has 2 unspecified atom stereocenters. The van der Waals surface area contributed by atoms with E-state index < -0.39 is 0 Å². The molecule has 1 aliphatic carbocycles. The molecule has 0 aliphatic heterocycles. The molecular weight excluding hydrogens is 445 g/mol. The van der Waals surface area contributed by atoms with E-state index in [2.05, 4.69) is 22.2 Å². The van der Waals surface area contributed by atoms with Crippen LogP contribution in [0.1, 0.15) is 37.1 Å². The van der Waals surface area contributed by atoms with E-state index >= 15 is 0 Å². The molecule has 148 valence electrons. The maximum absolute atomic E-state index is 5.98. The number of halogens is 1. The molecule has 1 aromatic heterocycles. The van der Waals surface area contributed by atoms with Crippen molar-refractivity contribution in [3.05, 3.63) is 58.9 Å². The van der Waals surface area contributed by atoms with Gasteiger partial charge in [0, 0.05) is 0 Å². The summed E-state index contributed by atoms with van der Waals surface area (Å²) < 4.78 is 5.99. The molecule has 2 aromatic carbocycles. The Bertz CT molecular complexity index is 1020. The number of ether oxygens (including phenoxy) is 1. The van der Waals surface area contributed by atoms with Crippen molar-refractivity contribution >= 4 is 57.3 Å². The number of anilines is 1. The van der Waals surface area contributed by atoms with Crippen LogP contribution in [0.3, 0.4) is 0 Å². The van der Waals surface area contributed by atoms with Crippen LogP contribution in [-0.4, -0.2) is 40.0 Å². The molecule has 4 nitrogen and oxygen atoms in total. The van der Waals surface area contributed by atoms with Gasteiger partial charge in [-0.05, 0) is 0 Å². The summed E-state index contributed by atoms with van der Waals surface area (Å²) in [4.78, 5) is 9.57. The van der Waals surface area contributed by atoms with E-state index in [1.165, 1.54) is 19.3 Å². The third kappa shape index (κ3) is 4.94. The predicted octanol–water partition coefficient (Wildman–Crippen LogP) is 5.77. The first-order valence-corrected chi connectivity index (χ1v) is 11.3. The van der Waals surface area contributed by atoms with Crippen molar-refractivity contribution in [3.63, 3.8) is 0 Å². The van der Waals surface area contributed by atoms with Crippen LogP contribution in [0.5, 0.6) is 5.75 Å². The summed E-state index contributed by atoms with van der Waals surface area (Å²) in [6.45, 7) is 0. The van der Waals surface area contributed by atoms with Crippen molar-refractivity contribution in [2.45, 2.75) is 36.4 Å². The minimum absolute atomic E-state index is 0.404. The summed E-state index contributed by atoms with van der Waals surface area (Å²) in [7, 11) is 1.68. The van der Waals surface area contributed by atoms with Crippen LogP contribution in [0, 0.1) is 0 Å². The van der Waals surface area contributed by atoms with Crippen molar-refractivity contribution < 1.29 is 4.74 Å². The Kier molecular flexibility index (Phi) is 6.42. The molecule has 0 amide bonds. The van der Waals surface area contributed by atoms with Crippen molar-refractivity contribution in [2.75, 3.05) is 12.4 Å². The van der Waals surface area contributed by atoms with Crippen LogP contribution < -0.4 is 10.1 Å². The Morgan fingerprint density at radius 2 is 1.86 bits per heavy atom. The molecule has 0 bridgehead atoms. The summed E-state index contributed by atoms with van der Waals surface area (Å²) >= 11 is 8.80. The summed E-state index contributed by atoms with van der Waals surface area (Å²) in [6, 6.07) is 14.0. The van der Waals surface area contributed by atoms with Gasteiger partial charge in [-0.2, -0.15) is 0 Å². The molecule has 1 saturated carbocycles. The summed E-state index contributed by atoms with van der Waals surface area (Å²) in [5, 5.41) is 5.41. The van der Waals surface area contributed by atoms with Crippen LogP contribution >= 0.6 is 11.6 Å². The van der Waals surface area contributed by atoms with Gasteiger partial charge < -0.3 is 0 Å². The van der Waals surface area contributed by atoms with Gasteiger partial charge in [0.05, 0.1) is 0 Å². The number of rotatable bonds is 5. The number of methoxy groups -OCH3 is 1. The van der Waals surface area contributed by atoms with Crippen LogP contribution in [0.2, 0.25) is 9.73 Å². The first-order valence-electron chi connectivity index (χ1n) is 9.86. The zero-order chi connectivity index (χ0) is 20.2. The van der Waals surface area contributed by atoms with Gasteiger partial charge in [-0.25, -0.2) is 0 Å². The Morgan fingerprint density at radius 1 is 1.07 bits per heavy atom. The van der Waals surface area contributed by atoms with Crippen LogP contribution in [0.15, 0.2) is 42.5 Å². The quantitative estimate of drug-likeness (QED) is 0.484. The number of hydrogen-bond donors (Lipinski definition) is 1. The number of benzene rings is 2. The zero-order valence-electron chi connectivity index (χ0n) is 16.3. The number of fused-ring (bicyclic) bond motifs is 1. The Balaban J connectivity index is 1.70. The van der Waals surface area contributed by atoms with Crippen molar-refractivity contribution in [2.24, 2.45) is 0 Å². The monoisotopic (exact) mass is 467 g/mol. The molecule has 6 heteroatoms. The van der Waals surface area contributed by atoms with Gasteiger partial charge in [0.25, 0.3) is 0 Å². The molecule has 1 heterocycles. The Hall–Kier alpha value is -2.03. The average Bonchev–Trinajstić information content (AvgIpc) is 2.74. The molecular formula is C23H23AsClN3O. The molecule has 2 atom stereocenters. The third-order valence-electron chi connectivity index (χ3n) is 5.27. The second-order valence-electron chi connectivity index (χ2n) is 7.30. The topological polar surface area (TPSA) is 47.0 Å². The minimum atomic E-state index is 0.404. The molecule has 1 fully saturated rings. The molecule has 0 spiro atoms. The van der Waals surface area contributed by atoms with Gasteiger partial charge >= 0.3 is 174 Å². The predicted molar refractivity (Wildman–Crippen MR) is 122 cm³/mol. The SMILES string of the molecule is COc1ccc2nc(/C=C/c3ccc(Cl)cc3)nc(NC3CCCCC3[As])c2c1. The van der Waals surface area contributed by atoms with E-state index in [0.29, 0.717) is 16.6 Å². The number of nitrogens with one attached hydrogen (secondary N) is 1. The first-order chi connectivity index (χ1) is 14.1. The van der Waals surface area contributed by atoms with E-state index in [0.717, 1.165) is 39.5 Å². The van der Waals surface area contributed by atoms with Gasteiger partial charge in [-0.15, -0.1) is 0 Å². The van der Waals surface area contributed by atoms with Gasteiger partial charge in [0.15, 0.2) is 0 Å². The van der Waals surface area contributed by atoms with E-state index in [4.69, 9.17) is 26.3 Å². The molecule has 29 heavy (non-hydrogen) atoms. The van der Waals surface area contributed by atoms with Crippen molar-refractivity contribution in [3.8, 4) is 5.75 Å². The Labute approximate surface area is 185 Å². The van der Waals surface area contributed by atoms with Gasteiger partial charge in [-0.1, -0.05) is 11.6 Å². The molecule has 4 rings (SSSR count). The first kappa shape index (κ1) is 20.2. The fourth-order valence-corrected chi connectivity index (χ4v) is 4.62. The van der Waals surface area contributed by atoms with Gasteiger partial charge in [-0.3, -0.25) is 0 Å². The van der Waals surface area contributed by atoms with E-state index in [-0.39, 0.29) is 0 Å². The van der Waals surface area contributed by atoms with Crippen LogP contribution in [0.4, 0.5) is 5.82 Å². The number of nitrogens with zero attached hydrogens (tertiary/aromatic N) is 2. The summed E-state index contributed by atoms with van der Waals surface area (Å²) in [5.74, 6) is 2.35. The molecule has 1 aliphatic rings. The maximum atomic E-state index is 5.98. The summed E-state index contributed by atoms with van der Waals surface area (Å²) in [5.41, 5.74) is 1.96. The molecule has 3 aromatic rings. The van der Waals surface area contributed by atoms with Crippen LogP contribution in [0.25, 0.3) is 23.1 Å². The van der Waals surface area contributed by atoms with Crippen LogP contribution in [-0.2, 0) is 0 Å². The average molecular weight is 468 g/mol. The standard InChI is InChI=1S/C23H23AsClN3O/c1-29-17-11-12-20-18(14-17)23(27-21-5-3-2-4-19(21)24)28-22(26-20)13-8-15-6-9-16(25)10-7-15/h6-14,19,21H,2-5H2,1H3,(H,26,27,28)/b13-8+. The van der Waals surface area contributed by atoms with Gasteiger partial charge in [0.1, 0.15) is 0 Å². The number of hydrogen-bond acceptors (Lipinski definition) is 4. The van der Waals surface area contributed by atoms with E-state index in [9.17, 15) is 0 Å². The summed E-state index contributed by atoms with van der Waals surface area (Å²) in [6.07, 6.45) is 8.88. The fourth-order valence-electron chi connectivity index (χ4n) is 3.64. The van der Waals surface area contributed by atoms with E-state index in [1.54, 1.807) is 7.11 Å². The zero-order valence-corrected chi connectivity index (χ0v) is 18.9. The van der Waals surface area contributed by atoms with E-state index in [1.807, 2.05) is 54.6 Å². The molecule has 0 saturated heterocycles. The fraction of sp³-hybridized carbons (Fsp3) is 0.304. The second-order valence-corrected chi connectivity index (χ2v) is 9.13. The van der Waals surface area contributed by atoms with Gasteiger partial charge in [0.2, 0.25) is 0 Å². The van der Waals surface area contributed by atoms with Crippen molar-refractivity contribution in [1.82, 2.24) is 9.97 Å².